The SMILES string of the molecule is CC(C)CCN[C@H]1[C@H](O)[C@@H](n2cc(-c3ccccc3)cn2)[C@@H]2OC[C@H]1O2. The van der Waals surface area contributed by atoms with Gasteiger partial charge in [-0.05, 0) is 24.4 Å². The summed E-state index contributed by atoms with van der Waals surface area (Å²) >= 11 is 0. The highest BCUT2D eigenvalue weighted by Crippen LogP contribution is 2.36. The lowest BCUT2D eigenvalue weighted by atomic mass is 9.95. The molecule has 4 rings (SSSR count). The Kier molecular flexibility index (Phi) is 5.09. The van der Waals surface area contributed by atoms with Crippen LogP contribution in [-0.4, -0.2) is 52.6 Å². The van der Waals surface area contributed by atoms with Gasteiger partial charge in [-0.25, -0.2) is 0 Å². The first-order chi connectivity index (χ1) is 12.6. The molecule has 6 heteroatoms. The number of ether oxygens (including phenoxy) is 2. The zero-order valence-corrected chi connectivity index (χ0v) is 15.3. The number of hydrogen-bond donors (Lipinski definition) is 2. The van der Waals surface area contributed by atoms with Gasteiger partial charge in [0.1, 0.15) is 12.1 Å². The zero-order valence-electron chi connectivity index (χ0n) is 15.3. The number of hydrogen-bond acceptors (Lipinski definition) is 5. The molecule has 2 fully saturated rings. The van der Waals surface area contributed by atoms with E-state index in [0.29, 0.717) is 12.5 Å². The Morgan fingerprint density at radius 1 is 1.27 bits per heavy atom. The topological polar surface area (TPSA) is 68.5 Å². The van der Waals surface area contributed by atoms with Crippen LogP contribution in [0, 0.1) is 5.92 Å². The lowest BCUT2D eigenvalue weighted by molar-refractivity contribution is -0.167. The summed E-state index contributed by atoms with van der Waals surface area (Å²) < 4.78 is 13.6. The van der Waals surface area contributed by atoms with Crippen molar-refractivity contribution in [3.05, 3.63) is 42.7 Å². The predicted octanol–water partition coefficient (Wildman–Crippen LogP) is 2.21. The predicted molar refractivity (Wildman–Crippen MR) is 98.6 cm³/mol. The first kappa shape index (κ1) is 17.7. The van der Waals surface area contributed by atoms with Crippen LogP contribution >= 0.6 is 0 Å². The van der Waals surface area contributed by atoms with Crippen LogP contribution in [0.25, 0.3) is 11.1 Å². The first-order valence-electron chi connectivity index (χ1n) is 9.41. The maximum atomic E-state index is 11.0. The summed E-state index contributed by atoms with van der Waals surface area (Å²) in [5, 5.41) is 19.0. The molecule has 3 heterocycles. The molecule has 0 radical (unpaired) electrons. The second kappa shape index (κ2) is 7.48. The van der Waals surface area contributed by atoms with Gasteiger partial charge in [0.05, 0.1) is 24.9 Å². The average molecular weight is 357 g/mol. The summed E-state index contributed by atoms with van der Waals surface area (Å²) in [6.45, 7) is 5.75. The van der Waals surface area contributed by atoms with E-state index in [9.17, 15) is 5.11 Å². The van der Waals surface area contributed by atoms with Gasteiger partial charge in [0.2, 0.25) is 0 Å². The van der Waals surface area contributed by atoms with E-state index in [-0.39, 0.29) is 18.2 Å². The molecule has 2 saturated heterocycles. The van der Waals surface area contributed by atoms with Crippen molar-refractivity contribution in [3.8, 4) is 11.1 Å². The molecular weight excluding hydrogens is 330 g/mol. The van der Waals surface area contributed by atoms with E-state index in [4.69, 9.17) is 9.47 Å². The van der Waals surface area contributed by atoms with Gasteiger partial charge in [0.15, 0.2) is 6.29 Å². The number of fused-ring (bicyclic) bond motifs is 2. The Bertz CT molecular complexity index is 718. The summed E-state index contributed by atoms with van der Waals surface area (Å²) in [4.78, 5) is 0. The molecular formula is C20H27N3O3. The third-order valence-corrected chi connectivity index (χ3v) is 5.25. The number of nitrogens with zero attached hydrogens (tertiary/aromatic N) is 2. The van der Waals surface area contributed by atoms with Crippen LogP contribution in [0.5, 0.6) is 0 Å². The molecule has 0 spiro atoms. The van der Waals surface area contributed by atoms with Crippen LogP contribution in [0.2, 0.25) is 0 Å². The van der Waals surface area contributed by atoms with Crippen LogP contribution in [0.15, 0.2) is 42.7 Å². The second-order valence-corrected chi connectivity index (χ2v) is 7.59. The summed E-state index contributed by atoms with van der Waals surface area (Å²) in [5.74, 6) is 0.618. The highest BCUT2D eigenvalue weighted by molar-refractivity contribution is 5.61. The molecule has 0 amide bonds. The maximum absolute atomic E-state index is 11.0. The van der Waals surface area contributed by atoms with Crippen LogP contribution in [0.1, 0.15) is 26.3 Å². The molecule has 5 atom stereocenters. The van der Waals surface area contributed by atoms with Crippen molar-refractivity contribution in [3.63, 3.8) is 0 Å². The highest BCUT2D eigenvalue weighted by atomic mass is 16.7. The first-order valence-corrected chi connectivity index (χ1v) is 9.41. The van der Waals surface area contributed by atoms with Crippen molar-refractivity contribution in [1.82, 2.24) is 15.1 Å². The van der Waals surface area contributed by atoms with E-state index in [1.54, 1.807) is 4.68 Å². The highest BCUT2D eigenvalue weighted by Gasteiger charge is 2.51. The zero-order chi connectivity index (χ0) is 18.1. The molecule has 0 saturated carbocycles. The third kappa shape index (κ3) is 3.42. The molecule has 2 aliphatic heterocycles. The third-order valence-electron chi connectivity index (χ3n) is 5.25. The van der Waals surface area contributed by atoms with Crippen molar-refractivity contribution < 1.29 is 14.6 Å². The lowest BCUT2D eigenvalue weighted by Gasteiger charge is -2.38. The number of nitrogens with one attached hydrogen (secondary N) is 1. The van der Waals surface area contributed by atoms with Gasteiger partial charge in [0, 0.05) is 11.8 Å². The van der Waals surface area contributed by atoms with E-state index in [1.165, 1.54) is 0 Å². The van der Waals surface area contributed by atoms with Crippen molar-refractivity contribution in [2.45, 2.75) is 50.8 Å². The van der Waals surface area contributed by atoms with Crippen LogP contribution in [0.3, 0.4) is 0 Å². The summed E-state index contributed by atoms with van der Waals surface area (Å²) in [5.41, 5.74) is 2.11. The molecule has 1 aromatic carbocycles. The van der Waals surface area contributed by atoms with E-state index in [0.717, 1.165) is 24.1 Å². The van der Waals surface area contributed by atoms with Gasteiger partial charge in [-0.15, -0.1) is 0 Å². The molecule has 0 unspecified atom stereocenters. The Morgan fingerprint density at radius 2 is 2.08 bits per heavy atom. The summed E-state index contributed by atoms with van der Waals surface area (Å²) in [6.07, 6.45) is 3.66. The minimum atomic E-state index is -0.614. The molecule has 0 aliphatic carbocycles. The molecule has 2 aliphatic rings. The van der Waals surface area contributed by atoms with Crippen molar-refractivity contribution in [1.29, 1.82) is 0 Å². The monoisotopic (exact) mass is 357 g/mol. The Balaban J connectivity index is 1.53. The minimum absolute atomic E-state index is 0.109. The minimum Gasteiger partial charge on any atom is -0.389 e. The van der Waals surface area contributed by atoms with Gasteiger partial charge in [-0.1, -0.05) is 44.2 Å². The normalized spacial score (nSPS) is 30.8. The smallest absolute Gasteiger partial charge is 0.183 e. The van der Waals surface area contributed by atoms with Crippen molar-refractivity contribution in [2.75, 3.05) is 13.2 Å². The van der Waals surface area contributed by atoms with Gasteiger partial charge in [-0.3, -0.25) is 4.68 Å². The fourth-order valence-electron chi connectivity index (χ4n) is 3.75. The van der Waals surface area contributed by atoms with Crippen LogP contribution < -0.4 is 5.32 Å². The van der Waals surface area contributed by atoms with E-state index >= 15 is 0 Å². The Hall–Kier alpha value is -1.73. The molecule has 26 heavy (non-hydrogen) atoms. The van der Waals surface area contributed by atoms with Gasteiger partial charge in [0.25, 0.3) is 0 Å². The van der Waals surface area contributed by atoms with Crippen molar-refractivity contribution >= 4 is 0 Å². The van der Waals surface area contributed by atoms with E-state index < -0.39 is 12.4 Å². The molecule has 6 nitrogen and oxygen atoms in total. The van der Waals surface area contributed by atoms with Gasteiger partial charge in [-0.2, -0.15) is 5.10 Å². The molecule has 2 bridgehead atoms. The van der Waals surface area contributed by atoms with E-state index in [2.05, 4.69) is 24.3 Å². The number of rotatable bonds is 6. The molecule has 2 aromatic rings. The van der Waals surface area contributed by atoms with Gasteiger partial charge < -0.3 is 19.9 Å². The standard InChI is InChI=1S/C20H27N3O3/c1-13(2)8-9-21-17-16-12-25-20(26-16)18(19(17)24)23-11-15(10-22-23)14-6-4-3-5-7-14/h3-7,10-11,13,16-21,24H,8-9,12H2,1-2H3/t16-,17-,18-,19+,20-/m1/s1. The maximum Gasteiger partial charge on any atom is 0.183 e. The summed E-state index contributed by atoms with van der Waals surface area (Å²) in [6, 6.07) is 9.59. The second-order valence-electron chi connectivity index (χ2n) is 7.59. The van der Waals surface area contributed by atoms with E-state index in [1.807, 2.05) is 42.7 Å². The fourth-order valence-corrected chi connectivity index (χ4v) is 3.75. The lowest BCUT2D eigenvalue weighted by Crippen LogP contribution is -2.57. The van der Waals surface area contributed by atoms with Crippen LogP contribution in [0.4, 0.5) is 0 Å². The Labute approximate surface area is 154 Å². The largest absolute Gasteiger partial charge is 0.389 e. The van der Waals surface area contributed by atoms with Gasteiger partial charge >= 0.3 is 0 Å². The number of benzene rings is 1. The quantitative estimate of drug-likeness (QED) is 0.830. The van der Waals surface area contributed by atoms with Crippen molar-refractivity contribution in [2.24, 2.45) is 5.92 Å². The fraction of sp³-hybridized carbons (Fsp3) is 0.550. The summed E-state index contributed by atoms with van der Waals surface area (Å²) in [7, 11) is 0. The van der Waals surface area contributed by atoms with Crippen LogP contribution in [-0.2, 0) is 9.47 Å². The average Bonchev–Trinajstić information content (AvgIpc) is 3.28. The molecule has 2 N–H and O–H groups in total. The number of aliphatic hydroxyl groups is 1. The molecule has 1 aromatic heterocycles. The molecule has 140 valence electrons. The Morgan fingerprint density at radius 3 is 2.85 bits per heavy atom. The number of aliphatic hydroxyl groups excluding tert-OH is 1. The number of aromatic nitrogens is 2.